The Morgan fingerprint density at radius 1 is 1.38 bits per heavy atom. The van der Waals surface area contributed by atoms with Crippen molar-refractivity contribution in [2.45, 2.75) is 39.3 Å². The molecule has 1 aromatic carbocycles. The molecule has 3 amide bonds. The lowest BCUT2D eigenvalue weighted by molar-refractivity contribution is -0.133. The molecule has 1 heterocycles. The summed E-state index contributed by atoms with van der Waals surface area (Å²) >= 11 is 6.14. The summed E-state index contributed by atoms with van der Waals surface area (Å²) in [6, 6.07) is 4.40. The minimum absolute atomic E-state index is 0.0553. The summed E-state index contributed by atoms with van der Waals surface area (Å²) in [7, 11) is 0. The SMILES string of the molecule is CCNC(=O)c1ccc(NC(=O)CC2C(=O)NCCN2C(C)C)cc1Cl. The number of anilines is 1. The monoisotopic (exact) mass is 380 g/mol. The van der Waals surface area contributed by atoms with Gasteiger partial charge < -0.3 is 16.0 Å². The zero-order valence-electron chi connectivity index (χ0n) is 15.3. The number of halogens is 1. The van der Waals surface area contributed by atoms with Gasteiger partial charge in [0.15, 0.2) is 0 Å². The molecule has 7 nitrogen and oxygen atoms in total. The highest BCUT2D eigenvalue weighted by Gasteiger charge is 2.32. The van der Waals surface area contributed by atoms with Crippen molar-refractivity contribution >= 4 is 35.0 Å². The normalized spacial score (nSPS) is 17.7. The number of nitrogens with one attached hydrogen (secondary N) is 3. The van der Waals surface area contributed by atoms with Crippen LogP contribution in [0.3, 0.4) is 0 Å². The minimum atomic E-state index is -0.492. The number of hydrogen-bond acceptors (Lipinski definition) is 4. The molecule has 0 aromatic heterocycles. The summed E-state index contributed by atoms with van der Waals surface area (Å²) in [6.45, 7) is 7.64. The van der Waals surface area contributed by atoms with Crippen LogP contribution in [0.2, 0.25) is 5.02 Å². The average molecular weight is 381 g/mol. The first-order valence-corrected chi connectivity index (χ1v) is 9.12. The first-order valence-electron chi connectivity index (χ1n) is 8.74. The van der Waals surface area contributed by atoms with Gasteiger partial charge in [-0.2, -0.15) is 0 Å². The van der Waals surface area contributed by atoms with E-state index in [1.54, 1.807) is 12.1 Å². The fraction of sp³-hybridized carbons (Fsp3) is 0.500. The van der Waals surface area contributed by atoms with Crippen LogP contribution in [0.25, 0.3) is 0 Å². The predicted octanol–water partition coefficient (Wildman–Crippen LogP) is 1.63. The van der Waals surface area contributed by atoms with E-state index in [0.717, 1.165) is 0 Å². The number of hydrogen-bond donors (Lipinski definition) is 3. The van der Waals surface area contributed by atoms with Crippen LogP contribution in [0, 0.1) is 0 Å². The largest absolute Gasteiger partial charge is 0.353 e. The fourth-order valence-corrected chi connectivity index (χ4v) is 3.25. The van der Waals surface area contributed by atoms with E-state index in [1.807, 2.05) is 25.7 Å². The van der Waals surface area contributed by atoms with Gasteiger partial charge in [-0.1, -0.05) is 11.6 Å². The summed E-state index contributed by atoms with van der Waals surface area (Å²) in [5.74, 6) is -0.675. The van der Waals surface area contributed by atoms with Crippen LogP contribution in [0.15, 0.2) is 18.2 Å². The quantitative estimate of drug-likeness (QED) is 0.699. The molecule has 26 heavy (non-hydrogen) atoms. The van der Waals surface area contributed by atoms with Crippen molar-refractivity contribution in [3.05, 3.63) is 28.8 Å². The van der Waals surface area contributed by atoms with Gasteiger partial charge in [-0.25, -0.2) is 0 Å². The molecule has 1 aliphatic heterocycles. The first kappa shape index (κ1) is 20.2. The molecule has 0 saturated carbocycles. The molecule has 142 valence electrons. The molecule has 1 atom stereocenters. The van der Waals surface area contributed by atoms with Crippen LogP contribution < -0.4 is 16.0 Å². The Bertz CT molecular complexity index is 693. The Hall–Kier alpha value is -2.12. The van der Waals surface area contributed by atoms with Crippen LogP contribution in [-0.4, -0.2) is 54.3 Å². The van der Waals surface area contributed by atoms with E-state index < -0.39 is 6.04 Å². The number of piperazine rings is 1. The molecule has 0 radical (unpaired) electrons. The highest BCUT2D eigenvalue weighted by Crippen LogP contribution is 2.22. The molecular formula is C18H25ClN4O3. The number of carbonyl (C=O) groups is 3. The van der Waals surface area contributed by atoms with E-state index in [1.165, 1.54) is 6.07 Å². The summed E-state index contributed by atoms with van der Waals surface area (Å²) in [5.41, 5.74) is 0.838. The molecule has 1 fully saturated rings. The number of nitrogens with zero attached hydrogens (tertiary/aromatic N) is 1. The summed E-state index contributed by atoms with van der Waals surface area (Å²) < 4.78 is 0. The highest BCUT2D eigenvalue weighted by atomic mass is 35.5. The molecule has 1 aliphatic rings. The van der Waals surface area contributed by atoms with Gasteiger partial charge in [0, 0.05) is 31.4 Å². The zero-order valence-corrected chi connectivity index (χ0v) is 16.0. The van der Waals surface area contributed by atoms with Crippen molar-refractivity contribution in [1.29, 1.82) is 0 Å². The van der Waals surface area contributed by atoms with Gasteiger partial charge in [-0.3, -0.25) is 19.3 Å². The summed E-state index contributed by atoms with van der Waals surface area (Å²) in [5, 5.41) is 8.48. The summed E-state index contributed by atoms with van der Waals surface area (Å²) in [4.78, 5) is 38.4. The van der Waals surface area contributed by atoms with Gasteiger partial charge in [0.2, 0.25) is 11.8 Å². The van der Waals surface area contributed by atoms with Crippen molar-refractivity contribution in [2.75, 3.05) is 25.0 Å². The van der Waals surface area contributed by atoms with Crippen LogP contribution in [0.4, 0.5) is 5.69 Å². The van der Waals surface area contributed by atoms with E-state index in [-0.39, 0.29) is 35.2 Å². The zero-order chi connectivity index (χ0) is 19.3. The molecule has 0 aliphatic carbocycles. The van der Waals surface area contributed by atoms with E-state index in [2.05, 4.69) is 16.0 Å². The number of carbonyl (C=O) groups excluding carboxylic acids is 3. The van der Waals surface area contributed by atoms with Gasteiger partial charge in [0.1, 0.15) is 0 Å². The molecular weight excluding hydrogens is 356 g/mol. The number of amides is 3. The third-order valence-corrected chi connectivity index (χ3v) is 4.56. The molecule has 1 unspecified atom stereocenters. The lowest BCUT2D eigenvalue weighted by Crippen LogP contribution is -2.58. The maximum absolute atomic E-state index is 12.4. The molecule has 0 bridgehead atoms. The van der Waals surface area contributed by atoms with E-state index in [0.29, 0.717) is 30.9 Å². The maximum Gasteiger partial charge on any atom is 0.252 e. The van der Waals surface area contributed by atoms with Crippen LogP contribution in [0.5, 0.6) is 0 Å². The van der Waals surface area contributed by atoms with E-state index >= 15 is 0 Å². The average Bonchev–Trinajstić information content (AvgIpc) is 2.56. The third kappa shape index (κ3) is 4.95. The second kappa shape index (κ2) is 9.00. The number of rotatable bonds is 6. The predicted molar refractivity (Wildman–Crippen MR) is 101 cm³/mol. The third-order valence-electron chi connectivity index (χ3n) is 4.25. The van der Waals surface area contributed by atoms with Gasteiger partial charge in [-0.15, -0.1) is 0 Å². The molecule has 1 aromatic rings. The fourth-order valence-electron chi connectivity index (χ4n) is 2.98. The van der Waals surface area contributed by atoms with Crippen LogP contribution in [-0.2, 0) is 9.59 Å². The maximum atomic E-state index is 12.4. The molecule has 1 saturated heterocycles. The minimum Gasteiger partial charge on any atom is -0.353 e. The molecule has 2 rings (SSSR count). The Morgan fingerprint density at radius 2 is 2.12 bits per heavy atom. The van der Waals surface area contributed by atoms with Gasteiger partial charge >= 0.3 is 0 Å². The standard InChI is InChI=1S/C18H25ClN4O3/c1-4-20-17(25)13-6-5-12(9-14(13)19)22-16(24)10-15-18(26)21-7-8-23(15)11(2)3/h5-6,9,11,15H,4,7-8,10H2,1-3H3,(H,20,25)(H,21,26)(H,22,24). The second-order valence-corrected chi connectivity index (χ2v) is 6.85. The molecule has 0 spiro atoms. The Labute approximate surface area is 158 Å². The highest BCUT2D eigenvalue weighted by molar-refractivity contribution is 6.34. The van der Waals surface area contributed by atoms with Gasteiger partial charge in [0.25, 0.3) is 5.91 Å². The van der Waals surface area contributed by atoms with Crippen molar-refractivity contribution in [1.82, 2.24) is 15.5 Å². The van der Waals surface area contributed by atoms with Crippen molar-refractivity contribution in [3.63, 3.8) is 0 Å². The van der Waals surface area contributed by atoms with Crippen molar-refractivity contribution in [2.24, 2.45) is 0 Å². The Kier molecular flexibility index (Phi) is 6.99. The number of benzene rings is 1. The Balaban J connectivity index is 2.04. The second-order valence-electron chi connectivity index (χ2n) is 6.44. The van der Waals surface area contributed by atoms with Gasteiger partial charge in [-0.05, 0) is 39.0 Å². The molecule has 8 heteroatoms. The van der Waals surface area contributed by atoms with Gasteiger partial charge in [0.05, 0.1) is 23.0 Å². The first-order chi connectivity index (χ1) is 12.3. The van der Waals surface area contributed by atoms with Crippen molar-refractivity contribution < 1.29 is 14.4 Å². The van der Waals surface area contributed by atoms with Crippen molar-refractivity contribution in [3.8, 4) is 0 Å². The topological polar surface area (TPSA) is 90.5 Å². The Morgan fingerprint density at radius 3 is 2.73 bits per heavy atom. The van der Waals surface area contributed by atoms with E-state index in [4.69, 9.17) is 11.6 Å². The van der Waals surface area contributed by atoms with E-state index in [9.17, 15) is 14.4 Å². The molecule has 3 N–H and O–H groups in total. The lowest BCUT2D eigenvalue weighted by atomic mass is 10.1. The smallest absolute Gasteiger partial charge is 0.252 e. The summed E-state index contributed by atoms with van der Waals surface area (Å²) in [6.07, 6.45) is 0.0553. The lowest BCUT2D eigenvalue weighted by Gasteiger charge is -2.37. The van der Waals surface area contributed by atoms with Crippen LogP contribution >= 0.6 is 11.6 Å². The van der Waals surface area contributed by atoms with Crippen LogP contribution in [0.1, 0.15) is 37.6 Å².